The molecule has 1 aromatic rings. The number of benzene rings is 1. The topological polar surface area (TPSA) is 75.6 Å². The third-order valence-corrected chi connectivity index (χ3v) is 5.08. The first-order valence-corrected chi connectivity index (χ1v) is 7.90. The van der Waals surface area contributed by atoms with Gasteiger partial charge in [0.05, 0.1) is 12.7 Å². The van der Waals surface area contributed by atoms with Crippen molar-refractivity contribution in [3.05, 3.63) is 28.2 Å². The molecule has 7 heteroatoms. The van der Waals surface area contributed by atoms with E-state index in [9.17, 15) is 14.7 Å². The Balaban J connectivity index is 2.25. The lowest BCUT2D eigenvalue weighted by Crippen LogP contribution is -2.54. The molecule has 1 saturated heterocycles. The van der Waals surface area contributed by atoms with Crippen molar-refractivity contribution in [2.45, 2.75) is 12.0 Å². The molecule has 2 N–H and O–H groups in total. The number of methoxy groups -OCH3 is 1. The van der Waals surface area contributed by atoms with E-state index in [0.717, 1.165) is 5.75 Å². The van der Waals surface area contributed by atoms with Crippen LogP contribution in [0.2, 0.25) is 0 Å². The van der Waals surface area contributed by atoms with Gasteiger partial charge in [-0.2, -0.15) is 11.8 Å². The van der Waals surface area contributed by atoms with Crippen molar-refractivity contribution in [3.8, 4) is 5.75 Å². The van der Waals surface area contributed by atoms with Crippen molar-refractivity contribution in [2.75, 3.05) is 18.6 Å². The minimum absolute atomic E-state index is 0.363. The maximum Gasteiger partial charge on any atom is 0.330 e. The van der Waals surface area contributed by atoms with Crippen LogP contribution in [0.15, 0.2) is 22.7 Å². The molecule has 1 amide bonds. The molecule has 0 aromatic heterocycles. The van der Waals surface area contributed by atoms with Crippen LogP contribution in [0.4, 0.5) is 0 Å². The second-order valence-electron chi connectivity index (χ2n) is 4.49. The molecule has 0 spiro atoms. The molecule has 1 atom stereocenters. The van der Waals surface area contributed by atoms with Crippen LogP contribution in [-0.2, 0) is 4.79 Å². The molecule has 108 valence electrons. The summed E-state index contributed by atoms with van der Waals surface area (Å²) in [6.07, 6.45) is 0.431. The number of carbonyl (C=O) groups excluding carboxylic acids is 1. The van der Waals surface area contributed by atoms with Gasteiger partial charge in [-0.15, -0.1) is 0 Å². The summed E-state index contributed by atoms with van der Waals surface area (Å²) >= 11 is 4.82. The molecule has 0 aliphatic carbocycles. The third-order valence-electron chi connectivity index (χ3n) is 3.20. The van der Waals surface area contributed by atoms with E-state index in [2.05, 4.69) is 21.2 Å². The zero-order chi connectivity index (χ0) is 14.8. The van der Waals surface area contributed by atoms with Gasteiger partial charge >= 0.3 is 5.97 Å². The first-order chi connectivity index (χ1) is 9.48. The summed E-state index contributed by atoms with van der Waals surface area (Å²) in [6.45, 7) is 0. The summed E-state index contributed by atoms with van der Waals surface area (Å²) in [6, 6.07) is 5.00. The minimum Gasteiger partial charge on any atom is -0.497 e. The van der Waals surface area contributed by atoms with E-state index >= 15 is 0 Å². The van der Waals surface area contributed by atoms with Gasteiger partial charge in [-0.25, -0.2) is 4.79 Å². The number of halogens is 1. The van der Waals surface area contributed by atoms with Gasteiger partial charge in [-0.1, -0.05) is 0 Å². The molecule has 1 heterocycles. The number of amides is 1. The Bertz CT molecular complexity index is 543. The van der Waals surface area contributed by atoms with E-state index in [-0.39, 0.29) is 0 Å². The van der Waals surface area contributed by atoms with Crippen molar-refractivity contribution in [2.24, 2.45) is 0 Å². The quantitative estimate of drug-likeness (QED) is 0.861. The molecule has 1 aliphatic heterocycles. The number of aliphatic carboxylic acids is 1. The number of carboxylic acid groups (broad SMARTS) is 1. The number of hydrogen-bond acceptors (Lipinski definition) is 4. The fraction of sp³-hybridized carbons (Fsp3) is 0.385. The number of thioether (sulfide) groups is 1. The lowest BCUT2D eigenvalue weighted by molar-refractivity contribution is -0.143. The lowest BCUT2D eigenvalue weighted by atomic mass is 9.98. The van der Waals surface area contributed by atoms with Crippen molar-refractivity contribution in [1.29, 1.82) is 0 Å². The molecule has 1 aliphatic rings. The Kier molecular flexibility index (Phi) is 4.59. The molecule has 1 fully saturated rings. The molecule has 5 nitrogen and oxygen atoms in total. The van der Waals surface area contributed by atoms with E-state index in [1.165, 1.54) is 18.9 Å². The number of carbonyl (C=O) groups is 2. The van der Waals surface area contributed by atoms with Gasteiger partial charge < -0.3 is 15.2 Å². The van der Waals surface area contributed by atoms with Crippen LogP contribution in [0.1, 0.15) is 16.8 Å². The van der Waals surface area contributed by atoms with Gasteiger partial charge in [-0.05, 0) is 46.3 Å². The van der Waals surface area contributed by atoms with Gasteiger partial charge in [-0.3, -0.25) is 4.79 Å². The SMILES string of the molecule is COc1ccc(Br)c(C(=O)N[C@@]2(C(=O)O)CCSC2)c1. The zero-order valence-electron chi connectivity index (χ0n) is 10.8. The second kappa shape index (κ2) is 6.05. The summed E-state index contributed by atoms with van der Waals surface area (Å²) in [5, 5.41) is 12.0. The third kappa shape index (κ3) is 2.93. The summed E-state index contributed by atoms with van der Waals surface area (Å²) in [4.78, 5) is 23.8. The van der Waals surface area contributed by atoms with Crippen LogP contribution in [-0.4, -0.2) is 41.1 Å². The zero-order valence-corrected chi connectivity index (χ0v) is 13.2. The highest BCUT2D eigenvalue weighted by Crippen LogP contribution is 2.30. The van der Waals surface area contributed by atoms with E-state index in [4.69, 9.17) is 4.74 Å². The van der Waals surface area contributed by atoms with E-state index in [0.29, 0.717) is 28.0 Å². The molecular weight excluding hydrogens is 346 g/mol. The number of hydrogen-bond donors (Lipinski definition) is 2. The maximum atomic E-state index is 12.3. The number of ether oxygens (including phenoxy) is 1. The molecule has 20 heavy (non-hydrogen) atoms. The van der Waals surface area contributed by atoms with Crippen LogP contribution in [0.5, 0.6) is 5.75 Å². The van der Waals surface area contributed by atoms with Gasteiger partial charge in [0.1, 0.15) is 11.3 Å². The van der Waals surface area contributed by atoms with E-state index in [1.54, 1.807) is 18.2 Å². The molecule has 1 aromatic carbocycles. The second-order valence-corrected chi connectivity index (χ2v) is 6.45. The molecule has 0 bridgehead atoms. The Morgan fingerprint density at radius 2 is 2.25 bits per heavy atom. The standard InChI is InChI=1S/C13H14BrNO4S/c1-19-8-2-3-10(14)9(6-8)11(16)15-13(12(17)18)4-5-20-7-13/h2-3,6H,4-5,7H2,1H3,(H,15,16)(H,17,18)/t13-/m0/s1. The Hall–Kier alpha value is -1.21. The smallest absolute Gasteiger partial charge is 0.330 e. The lowest BCUT2D eigenvalue weighted by Gasteiger charge is -2.24. The first-order valence-electron chi connectivity index (χ1n) is 5.96. The largest absolute Gasteiger partial charge is 0.497 e. The van der Waals surface area contributed by atoms with Gasteiger partial charge in [0.25, 0.3) is 5.91 Å². The maximum absolute atomic E-state index is 12.3. The average molecular weight is 360 g/mol. The fourth-order valence-electron chi connectivity index (χ4n) is 1.98. The highest BCUT2D eigenvalue weighted by atomic mass is 79.9. The Labute approximate surface area is 129 Å². The van der Waals surface area contributed by atoms with Crippen LogP contribution in [0, 0.1) is 0 Å². The highest BCUT2D eigenvalue weighted by molar-refractivity contribution is 9.10. The molecule has 2 rings (SSSR count). The van der Waals surface area contributed by atoms with Crippen molar-refractivity contribution >= 4 is 39.6 Å². The van der Waals surface area contributed by atoms with Crippen molar-refractivity contribution in [3.63, 3.8) is 0 Å². The first kappa shape index (κ1) is 15.2. The van der Waals surface area contributed by atoms with Crippen LogP contribution in [0.3, 0.4) is 0 Å². The predicted octanol–water partition coefficient (Wildman–Crippen LogP) is 2.15. The van der Waals surface area contributed by atoms with Crippen LogP contribution < -0.4 is 10.1 Å². The van der Waals surface area contributed by atoms with Gasteiger partial charge in [0, 0.05) is 10.2 Å². The van der Waals surface area contributed by atoms with Gasteiger partial charge in [0.15, 0.2) is 0 Å². The minimum atomic E-state index is -1.18. The van der Waals surface area contributed by atoms with E-state index < -0.39 is 17.4 Å². The van der Waals surface area contributed by atoms with Crippen molar-refractivity contribution in [1.82, 2.24) is 5.32 Å². The van der Waals surface area contributed by atoms with E-state index in [1.807, 2.05) is 0 Å². The highest BCUT2D eigenvalue weighted by Gasteiger charge is 2.43. The summed E-state index contributed by atoms with van der Waals surface area (Å²) in [5.74, 6) is 0.251. The summed E-state index contributed by atoms with van der Waals surface area (Å²) in [7, 11) is 1.51. The van der Waals surface area contributed by atoms with Crippen LogP contribution >= 0.6 is 27.7 Å². The normalized spacial score (nSPS) is 21.5. The Morgan fingerprint density at radius 3 is 2.80 bits per heavy atom. The molecule has 0 saturated carbocycles. The molecule has 0 radical (unpaired) electrons. The monoisotopic (exact) mass is 359 g/mol. The van der Waals surface area contributed by atoms with Crippen LogP contribution in [0.25, 0.3) is 0 Å². The fourth-order valence-corrected chi connectivity index (χ4v) is 3.73. The molecular formula is C13H14BrNO4S. The average Bonchev–Trinajstić information content (AvgIpc) is 2.89. The number of rotatable bonds is 4. The van der Waals surface area contributed by atoms with Crippen molar-refractivity contribution < 1.29 is 19.4 Å². The van der Waals surface area contributed by atoms with Gasteiger partial charge in [0.2, 0.25) is 0 Å². The number of nitrogens with one attached hydrogen (secondary N) is 1. The summed E-state index contributed by atoms with van der Waals surface area (Å²) < 4.78 is 5.68. The molecule has 0 unspecified atom stereocenters. The summed E-state index contributed by atoms with van der Waals surface area (Å²) in [5.41, 5.74) is -0.813. The number of carboxylic acids is 1. The Morgan fingerprint density at radius 1 is 1.50 bits per heavy atom. The predicted molar refractivity (Wildman–Crippen MR) is 80.5 cm³/mol.